The summed E-state index contributed by atoms with van der Waals surface area (Å²) in [7, 11) is 1.51. The van der Waals surface area contributed by atoms with Gasteiger partial charge in [0.25, 0.3) is 0 Å². The molecule has 3 rings (SSSR count). The first kappa shape index (κ1) is 17.8. The molecule has 132 valence electrons. The largest absolute Gasteiger partial charge is 0.495 e. The highest BCUT2D eigenvalue weighted by molar-refractivity contribution is 7.99. The van der Waals surface area contributed by atoms with Crippen molar-refractivity contribution in [2.45, 2.75) is 43.3 Å². The molecule has 0 aromatic heterocycles. The van der Waals surface area contributed by atoms with Crippen LogP contribution in [0, 0.1) is 12.8 Å². The minimum atomic E-state index is -0.710. The normalized spacial score (nSPS) is 14.9. The van der Waals surface area contributed by atoms with Gasteiger partial charge < -0.3 is 14.6 Å². The third kappa shape index (κ3) is 3.39. The summed E-state index contributed by atoms with van der Waals surface area (Å²) in [4.78, 5) is 14.5. The van der Waals surface area contributed by atoms with Gasteiger partial charge in [0.15, 0.2) is 0 Å². The van der Waals surface area contributed by atoms with E-state index in [1.807, 2.05) is 51.1 Å². The van der Waals surface area contributed by atoms with Crippen LogP contribution in [0.2, 0.25) is 0 Å². The Bertz CT molecular complexity index is 814. The van der Waals surface area contributed by atoms with Crippen LogP contribution in [0.3, 0.4) is 0 Å². The molecule has 0 amide bonds. The molecule has 4 nitrogen and oxygen atoms in total. The number of rotatable bonds is 3. The third-order valence-electron chi connectivity index (χ3n) is 4.30. The highest BCUT2D eigenvalue weighted by atomic mass is 32.2. The van der Waals surface area contributed by atoms with E-state index in [1.165, 1.54) is 18.9 Å². The van der Waals surface area contributed by atoms with E-state index in [-0.39, 0.29) is 12.5 Å². The Kier molecular flexibility index (Phi) is 5.06. The first-order valence-electron chi connectivity index (χ1n) is 8.25. The summed E-state index contributed by atoms with van der Waals surface area (Å²) in [6.07, 6.45) is -0.710. The SMILES string of the molecule is COc1c(C(O)C(C)C)ccc2c1C(=O)OCc1cc(C)ccc1S2. The molecular weight excluding hydrogens is 336 g/mol. The molecule has 0 saturated heterocycles. The predicted molar refractivity (Wildman–Crippen MR) is 97.2 cm³/mol. The van der Waals surface area contributed by atoms with Crippen molar-refractivity contribution in [2.24, 2.45) is 5.92 Å². The second kappa shape index (κ2) is 7.10. The minimum Gasteiger partial charge on any atom is -0.495 e. The average molecular weight is 358 g/mol. The number of methoxy groups -OCH3 is 1. The number of hydrogen-bond donors (Lipinski definition) is 1. The van der Waals surface area contributed by atoms with E-state index < -0.39 is 12.1 Å². The lowest BCUT2D eigenvalue weighted by atomic mass is 9.96. The van der Waals surface area contributed by atoms with Gasteiger partial charge in [0.05, 0.1) is 13.2 Å². The van der Waals surface area contributed by atoms with E-state index in [1.54, 1.807) is 0 Å². The van der Waals surface area contributed by atoms with Crippen molar-refractivity contribution in [3.05, 3.63) is 52.6 Å². The first-order valence-corrected chi connectivity index (χ1v) is 9.07. The van der Waals surface area contributed by atoms with E-state index in [0.29, 0.717) is 16.9 Å². The zero-order valence-electron chi connectivity index (χ0n) is 14.8. The molecule has 0 bridgehead atoms. The van der Waals surface area contributed by atoms with E-state index in [2.05, 4.69) is 0 Å². The van der Waals surface area contributed by atoms with Crippen molar-refractivity contribution in [1.82, 2.24) is 0 Å². The summed E-state index contributed by atoms with van der Waals surface area (Å²) in [6, 6.07) is 9.82. The molecule has 0 spiro atoms. The molecule has 0 aliphatic carbocycles. The van der Waals surface area contributed by atoms with E-state index in [4.69, 9.17) is 9.47 Å². The van der Waals surface area contributed by atoms with Gasteiger partial charge in [-0.25, -0.2) is 4.79 Å². The maximum Gasteiger partial charge on any atom is 0.343 e. The molecule has 1 atom stereocenters. The number of fused-ring (bicyclic) bond motifs is 2. The van der Waals surface area contributed by atoms with Crippen LogP contribution < -0.4 is 4.74 Å². The summed E-state index contributed by atoms with van der Waals surface area (Å²) in [5.74, 6) is -0.0241. The summed E-state index contributed by atoms with van der Waals surface area (Å²) < 4.78 is 11.0. The standard InChI is InChI=1S/C20H22O4S/c1-11(2)18(21)14-6-8-16-17(19(14)23-4)20(22)24-10-13-9-12(3)5-7-15(13)25-16/h5-9,11,18,21H,10H2,1-4H3. The fourth-order valence-electron chi connectivity index (χ4n) is 2.93. The zero-order chi connectivity index (χ0) is 18.1. The Labute approximate surface area is 152 Å². The quantitative estimate of drug-likeness (QED) is 0.818. The molecule has 0 radical (unpaired) electrons. The Balaban J connectivity index is 2.15. The van der Waals surface area contributed by atoms with Crippen LogP contribution in [0.5, 0.6) is 5.75 Å². The number of carbonyl (C=O) groups excluding carboxylic acids is 1. The average Bonchev–Trinajstić information content (AvgIpc) is 2.58. The molecule has 0 saturated carbocycles. The fourth-order valence-corrected chi connectivity index (χ4v) is 3.96. The van der Waals surface area contributed by atoms with Crippen LogP contribution in [0.25, 0.3) is 0 Å². The maximum absolute atomic E-state index is 12.7. The smallest absolute Gasteiger partial charge is 0.343 e. The number of cyclic esters (lactones) is 1. The van der Waals surface area contributed by atoms with Crippen molar-refractivity contribution in [2.75, 3.05) is 7.11 Å². The fraction of sp³-hybridized carbons (Fsp3) is 0.350. The molecule has 2 aromatic carbocycles. The Morgan fingerprint density at radius 1 is 1.20 bits per heavy atom. The maximum atomic E-state index is 12.7. The lowest BCUT2D eigenvalue weighted by Gasteiger charge is -2.23. The predicted octanol–water partition coefficient (Wildman–Crippen LogP) is 4.51. The summed E-state index contributed by atoms with van der Waals surface area (Å²) in [5, 5.41) is 10.5. The summed E-state index contributed by atoms with van der Waals surface area (Å²) in [5.41, 5.74) is 3.12. The molecule has 2 aromatic rings. The van der Waals surface area contributed by atoms with E-state index in [9.17, 15) is 9.90 Å². The number of aliphatic hydroxyl groups excluding tert-OH is 1. The topological polar surface area (TPSA) is 55.8 Å². The number of esters is 1. The second-order valence-electron chi connectivity index (χ2n) is 6.54. The van der Waals surface area contributed by atoms with Crippen LogP contribution in [-0.4, -0.2) is 18.2 Å². The van der Waals surface area contributed by atoms with Crippen LogP contribution >= 0.6 is 11.8 Å². The van der Waals surface area contributed by atoms with Crippen molar-refractivity contribution >= 4 is 17.7 Å². The van der Waals surface area contributed by atoms with Gasteiger partial charge in [-0.1, -0.05) is 49.4 Å². The first-order chi connectivity index (χ1) is 11.9. The molecule has 1 aliphatic heterocycles. The summed E-state index contributed by atoms with van der Waals surface area (Å²) >= 11 is 1.53. The molecule has 5 heteroatoms. The molecule has 1 heterocycles. The van der Waals surface area contributed by atoms with Crippen molar-refractivity contribution < 1.29 is 19.4 Å². The number of ether oxygens (including phenoxy) is 2. The monoisotopic (exact) mass is 358 g/mol. The van der Waals surface area contributed by atoms with Crippen LogP contribution in [0.1, 0.15) is 47.0 Å². The second-order valence-corrected chi connectivity index (χ2v) is 7.62. The van der Waals surface area contributed by atoms with Gasteiger partial charge in [-0.15, -0.1) is 0 Å². The Hall–Kier alpha value is -1.98. The van der Waals surface area contributed by atoms with Gasteiger partial charge in [0.1, 0.15) is 17.9 Å². The van der Waals surface area contributed by atoms with Gasteiger partial charge in [-0.3, -0.25) is 0 Å². The number of carbonyl (C=O) groups is 1. The zero-order valence-corrected chi connectivity index (χ0v) is 15.6. The lowest BCUT2D eigenvalue weighted by molar-refractivity contribution is 0.0458. The molecule has 1 unspecified atom stereocenters. The Morgan fingerprint density at radius 2 is 1.92 bits per heavy atom. The number of benzene rings is 2. The third-order valence-corrected chi connectivity index (χ3v) is 5.48. The van der Waals surface area contributed by atoms with Gasteiger partial charge in [0.2, 0.25) is 0 Å². The van der Waals surface area contributed by atoms with Crippen molar-refractivity contribution in [1.29, 1.82) is 0 Å². The highest BCUT2D eigenvalue weighted by Crippen LogP contribution is 2.43. The van der Waals surface area contributed by atoms with Gasteiger partial charge in [0, 0.05) is 20.9 Å². The van der Waals surface area contributed by atoms with Crippen molar-refractivity contribution in [3.63, 3.8) is 0 Å². The molecule has 25 heavy (non-hydrogen) atoms. The number of aryl methyl sites for hydroxylation is 1. The van der Waals surface area contributed by atoms with Crippen LogP contribution in [-0.2, 0) is 11.3 Å². The number of aliphatic hydroxyl groups is 1. The lowest BCUT2D eigenvalue weighted by Crippen LogP contribution is -2.15. The van der Waals surface area contributed by atoms with Crippen LogP contribution in [0.4, 0.5) is 0 Å². The number of hydrogen-bond acceptors (Lipinski definition) is 5. The molecule has 1 N–H and O–H groups in total. The van der Waals surface area contributed by atoms with Crippen LogP contribution in [0.15, 0.2) is 40.1 Å². The summed E-state index contributed by atoms with van der Waals surface area (Å²) in [6.45, 7) is 6.09. The van der Waals surface area contributed by atoms with Gasteiger partial charge in [-0.2, -0.15) is 0 Å². The molecule has 1 aliphatic rings. The molecule has 0 fully saturated rings. The molecular formula is C20H22O4S. The van der Waals surface area contributed by atoms with Crippen molar-refractivity contribution in [3.8, 4) is 5.75 Å². The Morgan fingerprint density at radius 3 is 2.60 bits per heavy atom. The minimum absolute atomic E-state index is 0.00730. The highest BCUT2D eigenvalue weighted by Gasteiger charge is 2.28. The van der Waals surface area contributed by atoms with E-state index >= 15 is 0 Å². The van der Waals surface area contributed by atoms with Gasteiger partial charge >= 0.3 is 5.97 Å². The van der Waals surface area contributed by atoms with Gasteiger partial charge in [-0.05, 0) is 25.0 Å². The van der Waals surface area contributed by atoms with E-state index in [0.717, 1.165) is 20.9 Å².